The van der Waals surface area contributed by atoms with Gasteiger partial charge in [0.1, 0.15) is 11.2 Å². The molecule has 0 atom stereocenters. The van der Waals surface area contributed by atoms with Crippen LogP contribution in [0.4, 0.5) is 5.69 Å². The lowest BCUT2D eigenvalue weighted by molar-refractivity contribution is 0.669. The molecule has 7 heteroatoms. The molecule has 0 aliphatic carbocycles. The third kappa shape index (κ3) is 6.64. The highest BCUT2D eigenvalue weighted by Crippen LogP contribution is 2.42. The third-order valence-electron chi connectivity index (χ3n) is 12.3. The van der Waals surface area contributed by atoms with E-state index in [0.29, 0.717) is 28.7 Å². The van der Waals surface area contributed by atoms with Crippen molar-refractivity contribution < 1.29 is 4.42 Å². The lowest BCUT2D eigenvalue weighted by atomic mass is 9.99. The molecule has 3 heterocycles. The second-order valence-corrected chi connectivity index (χ2v) is 16.2. The third-order valence-corrected chi connectivity index (χ3v) is 12.3. The molecule has 12 aromatic rings. The van der Waals surface area contributed by atoms with Crippen molar-refractivity contribution in [2.24, 2.45) is 0 Å². The van der Waals surface area contributed by atoms with Crippen LogP contribution in [0.1, 0.15) is 5.56 Å². The topological polar surface area (TPSA) is 84.9 Å². The number of benzene rings is 9. The van der Waals surface area contributed by atoms with Crippen molar-refractivity contribution >= 4 is 49.4 Å². The van der Waals surface area contributed by atoms with Gasteiger partial charge in [-0.05, 0) is 88.0 Å². The maximum Gasteiger partial charge on any atom is 0.187 e. The molecule has 0 unspecified atom stereocenters. The SMILES string of the molecule is [C-]#[N+]c1ccc(-c2ccc3c4ccc(-c5ccc(C#N)cc5)cc4n(-c4ccc(-c5ccc6c(c5)oc5ccccc56)cc4-c4nc(-c5ccccc5)nc(-c5ccccc5)n4)c3c2)cc1. The second-order valence-electron chi connectivity index (χ2n) is 16.2. The molecule has 0 aliphatic rings. The number of nitrogens with zero attached hydrogens (tertiary/aromatic N) is 6. The highest BCUT2D eigenvalue weighted by Gasteiger charge is 2.22. The molecular formula is C59H34N6O. The number of rotatable bonds is 7. The van der Waals surface area contributed by atoms with Crippen molar-refractivity contribution in [3.63, 3.8) is 0 Å². The number of hydrogen-bond donors (Lipinski definition) is 0. The monoisotopic (exact) mass is 842 g/mol. The molecule has 0 fully saturated rings. The van der Waals surface area contributed by atoms with Gasteiger partial charge in [0.05, 0.1) is 34.9 Å². The summed E-state index contributed by atoms with van der Waals surface area (Å²) in [6.07, 6.45) is 0. The minimum Gasteiger partial charge on any atom is -0.456 e. The zero-order valence-corrected chi connectivity index (χ0v) is 35.2. The smallest absolute Gasteiger partial charge is 0.187 e. The van der Waals surface area contributed by atoms with Crippen LogP contribution in [0.5, 0.6) is 0 Å². The summed E-state index contributed by atoms with van der Waals surface area (Å²) in [6, 6.07) is 71.9. The van der Waals surface area contributed by atoms with Gasteiger partial charge in [-0.2, -0.15) is 5.26 Å². The number of hydrogen-bond acceptors (Lipinski definition) is 5. The Morgan fingerprint density at radius 1 is 0.424 bits per heavy atom. The Balaban J connectivity index is 1.16. The maximum absolute atomic E-state index is 9.58. The zero-order chi connectivity index (χ0) is 44.1. The van der Waals surface area contributed by atoms with Gasteiger partial charge in [-0.25, -0.2) is 19.8 Å². The van der Waals surface area contributed by atoms with Crippen molar-refractivity contribution in [2.45, 2.75) is 0 Å². The first kappa shape index (κ1) is 38.3. The van der Waals surface area contributed by atoms with Crippen LogP contribution in [0, 0.1) is 17.9 Å². The number of aromatic nitrogens is 4. The molecule has 0 amide bonds. The van der Waals surface area contributed by atoms with Crippen molar-refractivity contribution in [1.82, 2.24) is 19.5 Å². The molecule has 0 spiro atoms. The van der Waals surface area contributed by atoms with Crippen molar-refractivity contribution in [2.75, 3.05) is 0 Å². The van der Waals surface area contributed by atoms with Crippen LogP contribution in [0.15, 0.2) is 211 Å². The molecule has 0 bridgehead atoms. The Morgan fingerprint density at radius 2 is 0.909 bits per heavy atom. The molecular weight excluding hydrogens is 809 g/mol. The largest absolute Gasteiger partial charge is 0.456 e. The Labute approximate surface area is 379 Å². The summed E-state index contributed by atoms with van der Waals surface area (Å²) in [5.74, 6) is 1.65. The van der Waals surface area contributed by atoms with E-state index < -0.39 is 0 Å². The molecule has 12 rings (SSSR count). The second kappa shape index (κ2) is 15.7. The maximum atomic E-state index is 9.58. The molecule has 66 heavy (non-hydrogen) atoms. The normalized spacial score (nSPS) is 11.3. The van der Waals surface area contributed by atoms with Gasteiger partial charge in [0, 0.05) is 38.2 Å². The number of fused-ring (bicyclic) bond motifs is 6. The van der Waals surface area contributed by atoms with Gasteiger partial charge in [0.15, 0.2) is 23.2 Å². The van der Waals surface area contributed by atoms with Gasteiger partial charge in [0.25, 0.3) is 0 Å². The van der Waals surface area contributed by atoms with Crippen molar-refractivity contribution in [3.05, 3.63) is 223 Å². The van der Waals surface area contributed by atoms with E-state index in [2.05, 4.69) is 94.3 Å². The number of furan rings is 1. The van der Waals surface area contributed by atoms with Crippen LogP contribution in [0.3, 0.4) is 0 Å². The van der Waals surface area contributed by atoms with Gasteiger partial charge in [-0.3, -0.25) is 0 Å². The molecule has 3 aromatic heterocycles. The fraction of sp³-hybridized carbons (Fsp3) is 0. The lowest BCUT2D eigenvalue weighted by Crippen LogP contribution is -2.04. The summed E-state index contributed by atoms with van der Waals surface area (Å²) in [7, 11) is 0. The summed E-state index contributed by atoms with van der Waals surface area (Å²) in [5.41, 5.74) is 14.3. The van der Waals surface area contributed by atoms with Crippen LogP contribution in [0.2, 0.25) is 0 Å². The molecule has 0 radical (unpaired) electrons. The van der Waals surface area contributed by atoms with E-state index in [1.807, 2.05) is 127 Å². The van der Waals surface area contributed by atoms with E-state index in [0.717, 1.165) is 99.5 Å². The first-order chi connectivity index (χ1) is 32.6. The van der Waals surface area contributed by atoms with Crippen LogP contribution in [-0.4, -0.2) is 19.5 Å². The molecule has 9 aromatic carbocycles. The molecule has 0 N–H and O–H groups in total. The number of nitriles is 1. The zero-order valence-electron chi connectivity index (χ0n) is 35.2. The van der Waals surface area contributed by atoms with E-state index in [-0.39, 0.29) is 0 Å². The Bertz CT molecular complexity index is 3760. The summed E-state index contributed by atoms with van der Waals surface area (Å²) < 4.78 is 8.72. The van der Waals surface area contributed by atoms with E-state index in [9.17, 15) is 5.26 Å². The summed E-state index contributed by atoms with van der Waals surface area (Å²) in [5, 5.41) is 13.9. The van der Waals surface area contributed by atoms with Crippen LogP contribution >= 0.6 is 0 Å². The van der Waals surface area contributed by atoms with E-state index in [1.165, 1.54) is 0 Å². The summed E-state index contributed by atoms with van der Waals surface area (Å²) in [4.78, 5) is 19.3. The van der Waals surface area contributed by atoms with E-state index in [4.69, 9.17) is 25.9 Å². The minimum atomic E-state index is 0.522. The van der Waals surface area contributed by atoms with Crippen molar-refractivity contribution in [3.8, 4) is 79.3 Å². The first-order valence-corrected chi connectivity index (χ1v) is 21.6. The molecule has 306 valence electrons. The minimum absolute atomic E-state index is 0.522. The van der Waals surface area contributed by atoms with Crippen LogP contribution < -0.4 is 0 Å². The average Bonchev–Trinajstić information content (AvgIpc) is 3.93. The van der Waals surface area contributed by atoms with Crippen LogP contribution in [0.25, 0.3) is 122 Å². The van der Waals surface area contributed by atoms with E-state index in [1.54, 1.807) is 0 Å². The summed E-state index contributed by atoms with van der Waals surface area (Å²) in [6.45, 7) is 7.54. The number of para-hydroxylation sites is 1. The van der Waals surface area contributed by atoms with Gasteiger partial charge >= 0.3 is 0 Å². The fourth-order valence-electron chi connectivity index (χ4n) is 9.03. The molecule has 0 aliphatic heterocycles. The molecule has 7 nitrogen and oxygen atoms in total. The predicted molar refractivity (Wildman–Crippen MR) is 265 cm³/mol. The van der Waals surface area contributed by atoms with Gasteiger partial charge in [0.2, 0.25) is 0 Å². The Hall–Kier alpha value is -9.43. The average molecular weight is 843 g/mol. The Morgan fingerprint density at radius 3 is 1.52 bits per heavy atom. The van der Waals surface area contributed by atoms with Crippen molar-refractivity contribution in [1.29, 1.82) is 5.26 Å². The van der Waals surface area contributed by atoms with Gasteiger partial charge in [-0.15, -0.1) is 0 Å². The molecule has 0 saturated heterocycles. The standard InChI is InChI=1S/C59H34N6O/c1-61-46-26-20-39(21-27-46)44-23-29-48-47-28-22-43(38-18-16-37(36-60)17-19-38)33-53(47)65(54(48)34-44)52-31-25-42(45-24-30-50-49-14-8-9-15-55(49)66-56(50)35-45)32-51(52)59-63-57(40-10-4-2-5-11-40)62-58(64-59)41-12-6-3-7-13-41/h2-35H. The quantitative estimate of drug-likeness (QED) is 0.149. The predicted octanol–water partition coefficient (Wildman–Crippen LogP) is 15.3. The highest BCUT2D eigenvalue weighted by atomic mass is 16.3. The lowest BCUT2D eigenvalue weighted by Gasteiger charge is -2.17. The first-order valence-electron chi connectivity index (χ1n) is 21.6. The molecule has 0 saturated carbocycles. The highest BCUT2D eigenvalue weighted by molar-refractivity contribution is 6.12. The Kier molecular flexibility index (Phi) is 9.12. The van der Waals surface area contributed by atoms with Gasteiger partial charge < -0.3 is 8.98 Å². The summed E-state index contributed by atoms with van der Waals surface area (Å²) >= 11 is 0. The van der Waals surface area contributed by atoms with E-state index >= 15 is 0 Å². The fourth-order valence-corrected chi connectivity index (χ4v) is 9.03. The van der Waals surface area contributed by atoms with Crippen LogP contribution in [-0.2, 0) is 0 Å². The van der Waals surface area contributed by atoms with Gasteiger partial charge in [-0.1, -0.05) is 152 Å².